The number of hydrogen-bond donors (Lipinski definition) is 2. The molecule has 1 aliphatic carbocycles. The molecule has 0 saturated carbocycles. The van der Waals surface area contributed by atoms with E-state index in [4.69, 9.17) is 24.5 Å². The molecule has 6 atom stereocenters. The average Bonchev–Trinajstić information content (AvgIpc) is 3.89. The molecule has 1 aromatic rings. The fraction of sp³-hybridized carbons (Fsp3) is 0.609. The summed E-state index contributed by atoms with van der Waals surface area (Å²) in [4.78, 5) is 86.4. The Morgan fingerprint density at radius 1 is 1.03 bits per heavy atom. The minimum Gasteiger partial charge on any atom is -0.460 e. The van der Waals surface area contributed by atoms with Gasteiger partial charge in [-0.05, 0) is 116 Å². The van der Waals surface area contributed by atoms with Crippen LogP contribution in [-0.4, -0.2) is 69.3 Å². The number of nitrogens with zero attached hydrogens (tertiary/aromatic N) is 3. The van der Waals surface area contributed by atoms with Crippen LogP contribution in [0.3, 0.4) is 0 Å². The largest absolute Gasteiger partial charge is 0.460 e. The number of aldehydes is 1. The Balaban J connectivity index is 1.39. The third kappa shape index (κ3) is 8.12. The highest BCUT2D eigenvalue weighted by Crippen LogP contribution is 2.50. The molecule has 0 fully saturated rings. The van der Waals surface area contributed by atoms with Gasteiger partial charge in [0.25, 0.3) is 0 Å². The van der Waals surface area contributed by atoms with Gasteiger partial charge in [-0.3, -0.25) is 29.4 Å². The number of nitrogens with one attached hydrogen (secondary N) is 2. The second-order valence-corrected chi connectivity index (χ2v) is 18.8. The number of allylic oxidation sites excluding steroid dienone is 4. The summed E-state index contributed by atoms with van der Waals surface area (Å²) >= 11 is 0. The van der Waals surface area contributed by atoms with Crippen LogP contribution in [0.2, 0.25) is 0 Å². The van der Waals surface area contributed by atoms with Gasteiger partial charge in [0.05, 0.1) is 34.9 Å². The van der Waals surface area contributed by atoms with Gasteiger partial charge in [-0.1, -0.05) is 27.7 Å². The van der Waals surface area contributed by atoms with E-state index in [0.717, 1.165) is 70.0 Å². The quantitative estimate of drug-likeness (QED) is 0.180. The standard InChI is InChI=1S/C46H61N5O7/c1-13-26-24(4)38-30(22-52)39-25(5)28(17-18-36(53)48-34(43(56)58-45(9,10)11)21-37(54)57-44(6,7)8)41(51-39)29-16-15-27-23(3)31(49-40(27)29)19-33-42(55)46(12,14-2)35(47-33)20-32(26)50-38/h20,22-23,25,28,30,34,50H,13-19,21H2,1-12H3,(H,48,53)/t23?,25-,28-,30?,34?,46?/m0/s1. The number of H-pyrrole nitrogens is 1. The highest BCUT2D eigenvalue weighted by Gasteiger charge is 2.47. The zero-order chi connectivity index (χ0) is 42.6. The van der Waals surface area contributed by atoms with Crippen molar-refractivity contribution in [2.75, 3.05) is 0 Å². The van der Waals surface area contributed by atoms with Crippen LogP contribution in [0.25, 0.3) is 6.08 Å². The molecule has 0 radical (unpaired) electrons. The summed E-state index contributed by atoms with van der Waals surface area (Å²) in [6.45, 7) is 22.7. The smallest absolute Gasteiger partial charge is 0.329 e. The van der Waals surface area contributed by atoms with Gasteiger partial charge in [0, 0.05) is 59.1 Å². The lowest BCUT2D eigenvalue weighted by molar-refractivity contribution is -0.165. The maximum absolute atomic E-state index is 14.1. The van der Waals surface area contributed by atoms with E-state index >= 15 is 0 Å². The summed E-state index contributed by atoms with van der Waals surface area (Å²) in [7, 11) is 0. The number of fused-ring (bicyclic) bond motifs is 4. The van der Waals surface area contributed by atoms with E-state index in [9.17, 15) is 24.0 Å². The van der Waals surface area contributed by atoms with E-state index in [1.807, 2.05) is 26.8 Å². The predicted octanol–water partition coefficient (Wildman–Crippen LogP) is 7.79. The first-order chi connectivity index (χ1) is 27.1. The normalized spacial score (nSPS) is 26.0. The molecule has 12 nitrogen and oxygen atoms in total. The zero-order valence-corrected chi connectivity index (χ0v) is 36.4. The molecule has 1 amide bonds. The molecule has 0 saturated heterocycles. The lowest BCUT2D eigenvalue weighted by Crippen LogP contribution is -2.46. The Hall–Kier alpha value is -4.74. The van der Waals surface area contributed by atoms with Crippen LogP contribution in [0.1, 0.15) is 150 Å². The Bertz CT molecular complexity index is 2130. The van der Waals surface area contributed by atoms with Crippen molar-refractivity contribution in [3.05, 3.63) is 50.8 Å². The highest BCUT2D eigenvalue weighted by atomic mass is 16.6. The second kappa shape index (κ2) is 15.8. The van der Waals surface area contributed by atoms with Crippen LogP contribution < -0.4 is 5.32 Å². The SMILES string of the molecule is CCc1c2[nH]c(c1C)C(C=O)C1=NC(=C3CCC4=C3N=C(CC3=NC(=C2)C(C)(CC)C3=O)C4C)[C@@H](CCC(=O)NC(CC(=O)OC(C)(C)C)C(=O)OC(C)(C)C)[C@@H]1C. The van der Waals surface area contributed by atoms with Gasteiger partial charge < -0.3 is 24.6 Å². The van der Waals surface area contributed by atoms with Crippen molar-refractivity contribution in [1.82, 2.24) is 10.3 Å². The van der Waals surface area contributed by atoms with Gasteiger partial charge >= 0.3 is 11.9 Å². The number of ketones is 1. The Morgan fingerprint density at radius 2 is 1.72 bits per heavy atom. The van der Waals surface area contributed by atoms with Crippen molar-refractivity contribution >= 4 is 53.1 Å². The van der Waals surface area contributed by atoms with Gasteiger partial charge in [0.15, 0.2) is 5.78 Å². The lowest BCUT2D eigenvalue weighted by Gasteiger charge is -2.26. The number of aromatic amines is 1. The van der Waals surface area contributed by atoms with Crippen molar-refractivity contribution in [2.24, 2.45) is 38.1 Å². The Labute approximate surface area is 342 Å². The minimum absolute atomic E-state index is 0.0233. The fourth-order valence-electron chi connectivity index (χ4n) is 9.17. The molecule has 312 valence electrons. The van der Waals surface area contributed by atoms with Gasteiger partial charge in [0.2, 0.25) is 5.91 Å². The van der Waals surface area contributed by atoms with Crippen molar-refractivity contribution in [2.45, 2.75) is 158 Å². The number of amides is 1. The number of carbonyl (C=O) groups is 5. The fourth-order valence-corrected chi connectivity index (χ4v) is 9.17. The molecule has 6 rings (SSSR count). The minimum atomic E-state index is -1.24. The van der Waals surface area contributed by atoms with Crippen molar-refractivity contribution < 1.29 is 33.4 Å². The maximum atomic E-state index is 14.1. The van der Waals surface area contributed by atoms with Crippen LogP contribution in [0.5, 0.6) is 0 Å². The lowest BCUT2D eigenvalue weighted by atomic mass is 9.79. The molecule has 0 aromatic carbocycles. The monoisotopic (exact) mass is 795 g/mol. The molecule has 4 unspecified atom stereocenters. The number of hydrogen-bond acceptors (Lipinski definition) is 10. The van der Waals surface area contributed by atoms with Crippen LogP contribution in [-0.2, 0) is 39.9 Å². The first-order valence-electron chi connectivity index (χ1n) is 21.0. The van der Waals surface area contributed by atoms with Gasteiger partial charge in [-0.25, -0.2) is 4.79 Å². The number of ether oxygens (including phenoxy) is 2. The summed E-state index contributed by atoms with van der Waals surface area (Å²) in [5, 5.41) is 2.77. The van der Waals surface area contributed by atoms with Crippen molar-refractivity contribution in [3.8, 4) is 0 Å². The van der Waals surface area contributed by atoms with E-state index in [1.165, 1.54) is 5.57 Å². The molecule has 5 heterocycles. The summed E-state index contributed by atoms with van der Waals surface area (Å²) < 4.78 is 11.1. The van der Waals surface area contributed by atoms with E-state index < -0.39 is 46.4 Å². The Kier molecular flexibility index (Phi) is 11.7. The van der Waals surface area contributed by atoms with Crippen LogP contribution in [0.15, 0.2) is 43.2 Å². The van der Waals surface area contributed by atoms with E-state index in [1.54, 1.807) is 41.5 Å². The molecule has 58 heavy (non-hydrogen) atoms. The molecule has 5 aliphatic rings. The number of carbonyl (C=O) groups excluding carboxylic acids is 5. The van der Waals surface area contributed by atoms with Gasteiger partial charge in [-0.2, -0.15) is 0 Å². The van der Waals surface area contributed by atoms with Crippen molar-refractivity contribution in [3.63, 3.8) is 0 Å². The third-order valence-electron chi connectivity index (χ3n) is 12.5. The molecule has 2 N–H and O–H groups in total. The van der Waals surface area contributed by atoms with E-state index in [2.05, 4.69) is 31.1 Å². The van der Waals surface area contributed by atoms with Crippen LogP contribution in [0, 0.1) is 30.1 Å². The maximum Gasteiger partial charge on any atom is 0.329 e. The van der Waals surface area contributed by atoms with E-state index in [0.29, 0.717) is 37.1 Å². The summed E-state index contributed by atoms with van der Waals surface area (Å²) in [6.07, 6.45) is 6.16. The zero-order valence-electron chi connectivity index (χ0n) is 36.4. The number of esters is 2. The van der Waals surface area contributed by atoms with Gasteiger partial charge in [0.1, 0.15) is 23.5 Å². The van der Waals surface area contributed by atoms with Crippen LogP contribution >= 0.6 is 0 Å². The summed E-state index contributed by atoms with van der Waals surface area (Å²) in [6, 6.07) is -1.24. The molecule has 4 aliphatic heterocycles. The summed E-state index contributed by atoms with van der Waals surface area (Å²) in [5.74, 6) is -2.84. The first kappa shape index (κ1) is 42.9. The number of aliphatic imine (C=N–C) groups is 3. The molecular formula is C46H61N5O7. The third-order valence-corrected chi connectivity index (χ3v) is 12.5. The number of Topliss-reactive ketones (excluding diaryl/α,β-unsaturated/α-hetero) is 1. The molecule has 8 bridgehead atoms. The molecule has 1 aromatic heterocycles. The van der Waals surface area contributed by atoms with E-state index in [-0.39, 0.29) is 36.4 Å². The molecule has 12 heteroatoms. The predicted molar refractivity (Wildman–Crippen MR) is 225 cm³/mol. The Morgan fingerprint density at radius 3 is 2.34 bits per heavy atom. The number of aromatic nitrogens is 1. The number of rotatable bonds is 10. The second-order valence-electron chi connectivity index (χ2n) is 18.8. The van der Waals surface area contributed by atoms with Crippen LogP contribution in [0.4, 0.5) is 0 Å². The van der Waals surface area contributed by atoms with Gasteiger partial charge in [-0.15, -0.1) is 0 Å². The van der Waals surface area contributed by atoms with Crippen molar-refractivity contribution in [1.29, 1.82) is 0 Å². The molecular weight excluding hydrogens is 735 g/mol. The first-order valence-corrected chi connectivity index (χ1v) is 21.0. The topological polar surface area (TPSA) is 169 Å². The summed E-state index contributed by atoms with van der Waals surface area (Å²) in [5.41, 5.74) is 8.03. The average molecular weight is 796 g/mol. The molecule has 0 spiro atoms. The highest BCUT2D eigenvalue weighted by molar-refractivity contribution is 6.47.